The molecule has 0 aliphatic carbocycles. The summed E-state index contributed by atoms with van der Waals surface area (Å²) in [6.45, 7) is 0. The van der Waals surface area contributed by atoms with Gasteiger partial charge in [-0.05, 0) is 48.3 Å². The van der Waals surface area contributed by atoms with Gasteiger partial charge in [-0.2, -0.15) is 11.8 Å². The molecule has 0 fully saturated rings. The molecular formula is C22H26ClN3O3S. The van der Waals surface area contributed by atoms with E-state index in [0.717, 1.165) is 5.56 Å². The monoisotopic (exact) mass is 447 g/mol. The minimum absolute atomic E-state index is 0.00574. The van der Waals surface area contributed by atoms with E-state index in [2.05, 4.69) is 10.6 Å². The summed E-state index contributed by atoms with van der Waals surface area (Å²) in [4.78, 5) is 38.7. The Balaban J connectivity index is 2.05. The average Bonchev–Trinajstić information content (AvgIpc) is 2.72. The molecule has 6 nitrogen and oxygen atoms in total. The highest BCUT2D eigenvalue weighted by Gasteiger charge is 2.22. The first kappa shape index (κ1) is 23.8. The molecule has 0 bridgehead atoms. The Bertz CT molecular complexity index is 887. The van der Waals surface area contributed by atoms with Crippen molar-refractivity contribution >= 4 is 46.8 Å². The molecule has 0 radical (unpaired) electrons. The van der Waals surface area contributed by atoms with Gasteiger partial charge in [-0.15, -0.1) is 0 Å². The van der Waals surface area contributed by atoms with E-state index in [9.17, 15) is 14.4 Å². The van der Waals surface area contributed by atoms with Gasteiger partial charge in [0.15, 0.2) is 0 Å². The number of nitrogens with one attached hydrogen (secondary N) is 2. The Morgan fingerprint density at radius 3 is 2.33 bits per heavy atom. The summed E-state index contributed by atoms with van der Waals surface area (Å²) in [6.07, 6.45) is 2.72. The van der Waals surface area contributed by atoms with Gasteiger partial charge >= 0.3 is 0 Å². The van der Waals surface area contributed by atoms with E-state index in [1.165, 1.54) is 4.90 Å². The van der Waals surface area contributed by atoms with Gasteiger partial charge in [0.1, 0.15) is 6.04 Å². The highest BCUT2D eigenvalue weighted by Crippen LogP contribution is 2.16. The largest absolute Gasteiger partial charge is 0.349 e. The molecule has 0 spiro atoms. The van der Waals surface area contributed by atoms with Crippen LogP contribution < -0.4 is 10.6 Å². The van der Waals surface area contributed by atoms with E-state index in [1.54, 1.807) is 74.4 Å². The van der Waals surface area contributed by atoms with Crippen LogP contribution >= 0.6 is 23.4 Å². The molecule has 3 amide bonds. The second kappa shape index (κ2) is 11.6. The zero-order chi connectivity index (χ0) is 22.1. The molecule has 160 valence electrons. The van der Waals surface area contributed by atoms with Crippen molar-refractivity contribution in [3.63, 3.8) is 0 Å². The van der Waals surface area contributed by atoms with E-state index in [4.69, 9.17) is 11.6 Å². The molecule has 8 heteroatoms. The zero-order valence-electron chi connectivity index (χ0n) is 17.3. The fourth-order valence-electron chi connectivity index (χ4n) is 2.65. The topological polar surface area (TPSA) is 78.5 Å². The lowest BCUT2D eigenvalue weighted by molar-refractivity contribution is -0.128. The molecule has 0 aromatic heterocycles. The fraction of sp³-hybridized carbons (Fsp3) is 0.318. The van der Waals surface area contributed by atoms with E-state index in [0.29, 0.717) is 34.9 Å². The minimum atomic E-state index is -0.698. The Kier molecular flexibility index (Phi) is 9.20. The molecule has 2 rings (SSSR count). The Morgan fingerprint density at radius 2 is 1.73 bits per heavy atom. The maximum absolute atomic E-state index is 12.8. The molecule has 0 aliphatic heterocycles. The van der Waals surface area contributed by atoms with Gasteiger partial charge in [0, 0.05) is 19.8 Å². The average molecular weight is 448 g/mol. The third-order valence-corrected chi connectivity index (χ3v) is 5.40. The summed E-state index contributed by atoms with van der Waals surface area (Å²) in [5.74, 6) is 0.0270. The summed E-state index contributed by atoms with van der Waals surface area (Å²) in [6, 6.07) is 13.1. The normalized spacial score (nSPS) is 11.5. The highest BCUT2D eigenvalue weighted by atomic mass is 35.5. The van der Waals surface area contributed by atoms with Crippen LogP contribution in [0, 0.1) is 0 Å². The Labute approximate surface area is 186 Å². The van der Waals surface area contributed by atoms with Gasteiger partial charge in [0.25, 0.3) is 5.91 Å². The number of nitrogens with zero attached hydrogens (tertiary/aromatic N) is 1. The van der Waals surface area contributed by atoms with Crippen LogP contribution in [-0.4, -0.2) is 54.8 Å². The third kappa shape index (κ3) is 7.07. The van der Waals surface area contributed by atoms with Crippen LogP contribution in [0.5, 0.6) is 0 Å². The van der Waals surface area contributed by atoms with E-state index in [1.807, 2.05) is 6.26 Å². The lowest BCUT2D eigenvalue weighted by Crippen LogP contribution is -2.44. The zero-order valence-corrected chi connectivity index (χ0v) is 18.8. The lowest BCUT2D eigenvalue weighted by atomic mass is 10.1. The number of amides is 3. The van der Waals surface area contributed by atoms with Gasteiger partial charge < -0.3 is 15.5 Å². The first-order valence-electron chi connectivity index (χ1n) is 9.46. The minimum Gasteiger partial charge on any atom is -0.349 e. The van der Waals surface area contributed by atoms with E-state index >= 15 is 0 Å². The van der Waals surface area contributed by atoms with Crippen LogP contribution in [0.1, 0.15) is 22.3 Å². The quantitative estimate of drug-likeness (QED) is 0.617. The first-order valence-corrected chi connectivity index (χ1v) is 11.2. The van der Waals surface area contributed by atoms with Crippen molar-refractivity contribution in [2.75, 3.05) is 31.4 Å². The standard InChI is InChI=1S/C22H26ClN3O3S/c1-26(2)20(27)14-15-8-10-16(11-9-15)24-22(29)19(12-13-30-3)25-21(28)17-6-4-5-7-18(17)23/h4-11,19H,12-14H2,1-3H3,(H,24,29)(H,25,28). The Morgan fingerprint density at radius 1 is 1.07 bits per heavy atom. The van der Waals surface area contributed by atoms with Gasteiger partial charge in [0.05, 0.1) is 17.0 Å². The fourth-order valence-corrected chi connectivity index (χ4v) is 3.35. The van der Waals surface area contributed by atoms with Crippen LogP contribution in [0.4, 0.5) is 5.69 Å². The number of hydrogen-bond acceptors (Lipinski definition) is 4. The smallest absolute Gasteiger partial charge is 0.253 e. The number of rotatable bonds is 9. The molecular weight excluding hydrogens is 422 g/mol. The van der Waals surface area contributed by atoms with Crippen LogP contribution in [0.3, 0.4) is 0 Å². The highest BCUT2D eigenvalue weighted by molar-refractivity contribution is 7.98. The molecule has 2 aromatic carbocycles. The van der Waals surface area contributed by atoms with Crippen LogP contribution in [0.15, 0.2) is 48.5 Å². The molecule has 2 N–H and O–H groups in total. The number of likely N-dealkylation sites (N-methyl/N-ethyl adjacent to an activating group) is 1. The number of thioether (sulfide) groups is 1. The number of halogens is 1. The summed E-state index contributed by atoms with van der Waals surface area (Å²) in [7, 11) is 3.42. The number of carbonyl (C=O) groups excluding carboxylic acids is 3. The predicted octanol–water partition coefficient (Wildman–Crippen LogP) is 3.46. The van der Waals surface area contributed by atoms with E-state index < -0.39 is 6.04 Å². The van der Waals surface area contributed by atoms with Crippen molar-refractivity contribution in [1.29, 1.82) is 0 Å². The molecule has 30 heavy (non-hydrogen) atoms. The molecule has 0 heterocycles. The van der Waals surface area contributed by atoms with Crippen molar-refractivity contribution < 1.29 is 14.4 Å². The maximum Gasteiger partial charge on any atom is 0.253 e. The van der Waals surface area contributed by atoms with Crippen LogP contribution in [0.2, 0.25) is 5.02 Å². The lowest BCUT2D eigenvalue weighted by Gasteiger charge is -2.19. The summed E-state index contributed by atoms with van der Waals surface area (Å²) >= 11 is 7.69. The summed E-state index contributed by atoms with van der Waals surface area (Å²) < 4.78 is 0. The molecule has 0 saturated heterocycles. The number of benzene rings is 2. The first-order chi connectivity index (χ1) is 14.3. The molecule has 0 aliphatic rings. The van der Waals surface area contributed by atoms with Crippen LogP contribution in [-0.2, 0) is 16.0 Å². The SMILES string of the molecule is CSCCC(NC(=O)c1ccccc1Cl)C(=O)Nc1ccc(CC(=O)N(C)C)cc1. The number of hydrogen-bond donors (Lipinski definition) is 2. The van der Waals surface area contributed by atoms with Gasteiger partial charge in [-0.1, -0.05) is 35.9 Å². The summed E-state index contributed by atoms with van der Waals surface area (Å²) in [5.41, 5.74) is 1.79. The molecule has 1 atom stereocenters. The van der Waals surface area contributed by atoms with Crippen molar-refractivity contribution in [2.24, 2.45) is 0 Å². The van der Waals surface area contributed by atoms with Crippen molar-refractivity contribution in [2.45, 2.75) is 18.9 Å². The number of carbonyl (C=O) groups is 3. The Hall–Kier alpha value is -2.51. The third-order valence-electron chi connectivity index (χ3n) is 4.43. The van der Waals surface area contributed by atoms with Crippen molar-refractivity contribution in [3.8, 4) is 0 Å². The molecule has 1 unspecified atom stereocenters. The maximum atomic E-state index is 12.8. The van der Waals surface area contributed by atoms with Gasteiger partial charge in [-0.3, -0.25) is 14.4 Å². The second-order valence-corrected chi connectivity index (χ2v) is 8.33. The van der Waals surface area contributed by atoms with Crippen LogP contribution in [0.25, 0.3) is 0 Å². The van der Waals surface area contributed by atoms with E-state index in [-0.39, 0.29) is 17.7 Å². The summed E-state index contributed by atoms with van der Waals surface area (Å²) in [5, 5.41) is 5.95. The van der Waals surface area contributed by atoms with Gasteiger partial charge in [-0.25, -0.2) is 0 Å². The van der Waals surface area contributed by atoms with Gasteiger partial charge in [0.2, 0.25) is 11.8 Å². The molecule has 2 aromatic rings. The van der Waals surface area contributed by atoms with Crippen molar-refractivity contribution in [3.05, 3.63) is 64.7 Å². The predicted molar refractivity (Wildman–Crippen MR) is 123 cm³/mol. The molecule has 0 saturated carbocycles. The second-order valence-electron chi connectivity index (χ2n) is 6.94. The number of anilines is 1. The van der Waals surface area contributed by atoms with Crippen molar-refractivity contribution in [1.82, 2.24) is 10.2 Å².